The maximum absolute atomic E-state index is 12.1. The molecule has 0 aromatic heterocycles. The van der Waals surface area contributed by atoms with Gasteiger partial charge < -0.3 is 21.3 Å². The van der Waals surface area contributed by atoms with E-state index in [1.54, 1.807) is 4.90 Å². The summed E-state index contributed by atoms with van der Waals surface area (Å²) in [6.45, 7) is 2.54. The third-order valence-electron chi connectivity index (χ3n) is 3.50. The van der Waals surface area contributed by atoms with E-state index in [0.717, 1.165) is 5.69 Å². The second kappa shape index (κ2) is 6.78. The first kappa shape index (κ1) is 15.6. The van der Waals surface area contributed by atoms with Crippen LogP contribution in [-0.4, -0.2) is 48.9 Å². The Labute approximate surface area is 128 Å². The highest BCUT2D eigenvalue weighted by molar-refractivity contribution is 6.30. The van der Waals surface area contributed by atoms with Crippen molar-refractivity contribution in [3.63, 3.8) is 0 Å². The average molecular weight is 311 g/mol. The van der Waals surface area contributed by atoms with Crippen molar-refractivity contribution in [3.8, 4) is 0 Å². The molecule has 0 radical (unpaired) electrons. The lowest BCUT2D eigenvalue weighted by Gasteiger charge is -2.37. The molecule has 0 spiro atoms. The number of halogens is 1. The summed E-state index contributed by atoms with van der Waals surface area (Å²) in [5, 5.41) is 0.689. The fourth-order valence-electron chi connectivity index (χ4n) is 2.40. The van der Waals surface area contributed by atoms with Gasteiger partial charge in [0.1, 0.15) is 0 Å². The van der Waals surface area contributed by atoms with Gasteiger partial charge in [0, 0.05) is 36.9 Å². The molecule has 114 valence electrons. The Bertz CT molecular complexity index is 529. The molecule has 0 saturated carbocycles. The number of nitrogens with two attached hydrogens (primary N) is 2. The van der Waals surface area contributed by atoms with Crippen LogP contribution in [-0.2, 0) is 9.59 Å². The molecule has 4 N–H and O–H groups in total. The van der Waals surface area contributed by atoms with E-state index >= 15 is 0 Å². The Morgan fingerprint density at radius 3 is 2.48 bits per heavy atom. The highest BCUT2D eigenvalue weighted by Gasteiger charge is 2.26. The van der Waals surface area contributed by atoms with E-state index in [0.29, 0.717) is 31.2 Å². The van der Waals surface area contributed by atoms with E-state index in [9.17, 15) is 9.59 Å². The zero-order valence-corrected chi connectivity index (χ0v) is 12.4. The Morgan fingerprint density at radius 1 is 1.24 bits per heavy atom. The lowest BCUT2D eigenvalue weighted by Crippen LogP contribution is -2.53. The lowest BCUT2D eigenvalue weighted by molar-refractivity contribution is -0.134. The summed E-state index contributed by atoms with van der Waals surface area (Å²) in [7, 11) is 0. The van der Waals surface area contributed by atoms with Crippen LogP contribution >= 0.6 is 11.6 Å². The van der Waals surface area contributed by atoms with E-state index < -0.39 is 11.9 Å². The number of benzene rings is 1. The Balaban J connectivity index is 1.91. The van der Waals surface area contributed by atoms with Gasteiger partial charge in [0.2, 0.25) is 11.8 Å². The monoisotopic (exact) mass is 310 g/mol. The highest BCUT2D eigenvalue weighted by Crippen LogP contribution is 2.20. The second-order valence-corrected chi connectivity index (χ2v) is 5.51. The maximum Gasteiger partial charge on any atom is 0.240 e. The number of primary amides is 1. The van der Waals surface area contributed by atoms with Crippen molar-refractivity contribution in [3.05, 3.63) is 29.3 Å². The largest absolute Gasteiger partial charge is 0.370 e. The summed E-state index contributed by atoms with van der Waals surface area (Å²) < 4.78 is 0. The third kappa shape index (κ3) is 4.09. The molecule has 1 aliphatic heterocycles. The van der Waals surface area contributed by atoms with Crippen LogP contribution in [0, 0.1) is 0 Å². The summed E-state index contributed by atoms with van der Waals surface area (Å²) in [6, 6.07) is 6.77. The number of nitrogens with zero attached hydrogens (tertiary/aromatic N) is 2. The lowest BCUT2D eigenvalue weighted by atomic mass is 10.1. The molecule has 1 aromatic carbocycles. The van der Waals surface area contributed by atoms with Crippen molar-refractivity contribution < 1.29 is 9.59 Å². The molecule has 1 unspecified atom stereocenters. The van der Waals surface area contributed by atoms with E-state index in [1.807, 2.05) is 24.3 Å². The van der Waals surface area contributed by atoms with Crippen LogP contribution in [0.15, 0.2) is 24.3 Å². The summed E-state index contributed by atoms with van der Waals surface area (Å²) in [5.74, 6) is -0.784. The fourth-order valence-corrected chi connectivity index (χ4v) is 2.58. The van der Waals surface area contributed by atoms with Gasteiger partial charge in [-0.05, 0) is 18.2 Å². The van der Waals surface area contributed by atoms with Gasteiger partial charge in [-0.3, -0.25) is 9.59 Å². The molecule has 1 aromatic rings. The first-order chi connectivity index (χ1) is 9.97. The molecule has 2 amide bonds. The minimum Gasteiger partial charge on any atom is -0.370 e. The van der Waals surface area contributed by atoms with Crippen LogP contribution in [0.1, 0.15) is 6.42 Å². The van der Waals surface area contributed by atoms with Gasteiger partial charge in [-0.25, -0.2) is 0 Å². The standard InChI is InChI=1S/C14H19ClN4O2/c15-10-2-1-3-11(8-10)18-4-6-19(7-5-18)14(21)12(16)9-13(17)20/h1-3,8,12H,4-7,9,16H2,(H2,17,20). The molecular formula is C14H19ClN4O2. The normalized spacial score (nSPS) is 16.7. The molecule has 7 heteroatoms. The Morgan fingerprint density at radius 2 is 1.90 bits per heavy atom. The molecule has 2 rings (SSSR count). The van der Waals surface area contributed by atoms with Crippen LogP contribution in [0.4, 0.5) is 5.69 Å². The molecule has 1 aliphatic rings. The summed E-state index contributed by atoms with van der Waals surface area (Å²) in [5.41, 5.74) is 11.8. The van der Waals surface area contributed by atoms with Gasteiger partial charge >= 0.3 is 0 Å². The number of hydrogen-bond donors (Lipinski definition) is 2. The van der Waals surface area contributed by atoms with Crippen LogP contribution in [0.25, 0.3) is 0 Å². The summed E-state index contributed by atoms with van der Waals surface area (Å²) >= 11 is 5.98. The number of anilines is 1. The minimum absolute atomic E-state index is 0.118. The van der Waals surface area contributed by atoms with Crippen LogP contribution < -0.4 is 16.4 Å². The molecule has 1 fully saturated rings. The summed E-state index contributed by atoms with van der Waals surface area (Å²) in [4.78, 5) is 26.7. The number of carbonyl (C=O) groups excluding carboxylic acids is 2. The molecular weight excluding hydrogens is 292 g/mol. The molecule has 1 heterocycles. The fraction of sp³-hybridized carbons (Fsp3) is 0.429. The molecule has 1 saturated heterocycles. The predicted octanol–water partition coefficient (Wildman–Crippen LogP) is 0.191. The average Bonchev–Trinajstić information content (AvgIpc) is 2.46. The zero-order chi connectivity index (χ0) is 15.4. The van der Waals surface area contributed by atoms with Crippen molar-refractivity contribution in [2.45, 2.75) is 12.5 Å². The van der Waals surface area contributed by atoms with Crippen LogP contribution in [0.2, 0.25) is 5.02 Å². The first-order valence-corrected chi connectivity index (χ1v) is 7.18. The van der Waals surface area contributed by atoms with Crippen molar-refractivity contribution in [2.75, 3.05) is 31.1 Å². The Kier molecular flexibility index (Phi) is 5.03. The number of piperazine rings is 1. The number of hydrogen-bond acceptors (Lipinski definition) is 4. The van der Waals surface area contributed by atoms with E-state index in [2.05, 4.69) is 4.90 Å². The molecule has 0 bridgehead atoms. The van der Waals surface area contributed by atoms with E-state index in [1.165, 1.54) is 0 Å². The molecule has 0 aliphatic carbocycles. The maximum atomic E-state index is 12.1. The second-order valence-electron chi connectivity index (χ2n) is 5.07. The summed E-state index contributed by atoms with van der Waals surface area (Å²) in [6.07, 6.45) is -0.118. The quantitative estimate of drug-likeness (QED) is 0.830. The molecule has 6 nitrogen and oxygen atoms in total. The van der Waals surface area contributed by atoms with Gasteiger partial charge in [-0.1, -0.05) is 17.7 Å². The van der Waals surface area contributed by atoms with Crippen molar-refractivity contribution >= 4 is 29.1 Å². The van der Waals surface area contributed by atoms with Gasteiger partial charge in [-0.2, -0.15) is 0 Å². The highest BCUT2D eigenvalue weighted by atomic mass is 35.5. The Hall–Kier alpha value is -1.79. The van der Waals surface area contributed by atoms with Crippen LogP contribution in [0.3, 0.4) is 0 Å². The van der Waals surface area contributed by atoms with Gasteiger partial charge in [-0.15, -0.1) is 0 Å². The van der Waals surface area contributed by atoms with Gasteiger partial charge in [0.25, 0.3) is 0 Å². The van der Waals surface area contributed by atoms with E-state index in [4.69, 9.17) is 23.1 Å². The molecule has 1 atom stereocenters. The van der Waals surface area contributed by atoms with Crippen molar-refractivity contribution in [1.29, 1.82) is 0 Å². The first-order valence-electron chi connectivity index (χ1n) is 6.80. The van der Waals surface area contributed by atoms with Crippen LogP contribution in [0.5, 0.6) is 0 Å². The molecule has 21 heavy (non-hydrogen) atoms. The zero-order valence-electron chi connectivity index (χ0n) is 11.7. The third-order valence-corrected chi connectivity index (χ3v) is 3.74. The number of rotatable bonds is 4. The predicted molar refractivity (Wildman–Crippen MR) is 82.0 cm³/mol. The van der Waals surface area contributed by atoms with Gasteiger partial charge in [0.15, 0.2) is 0 Å². The SMILES string of the molecule is NC(=O)CC(N)C(=O)N1CCN(c2cccc(Cl)c2)CC1. The van der Waals surface area contributed by atoms with Crippen molar-refractivity contribution in [2.24, 2.45) is 11.5 Å². The van der Waals surface area contributed by atoms with E-state index in [-0.39, 0.29) is 12.3 Å². The number of amides is 2. The smallest absolute Gasteiger partial charge is 0.240 e. The van der Waals surface area contributed by atoms with Crippen molar-refractivity contribution in [1.82, 2.24) is 4.90 Å². The topological polar surface area (TPSA) is 92.7 Å². The van der Waals surface area contributed by atoms with Gasteiger partial charge in [0.05, 0.1) is 12.5 Å². The minimum atomic E-state index is -0.847. The number of carbonyl (C=O) groups is 2.